The summed E-state index contributed by atoms with van der Waals surface area (Å²) in [6.07, 6.45) is 2.87. The molecule has 2 aliphatic heterocycles. The third-order valence-corrected chi connectivity index (χ3v) is 6.54. The van der Waals surface area contributed by atoms with Crippen molar-refractivity contribution in [3.8, 4) is 0 Å². The average Bonchev–Trinajstić information content (AvgIpc) is 2.57. The second-order valence-electron chi connectivity index (χ2n) is 6.87. The molecule has 0 radical (unpaired) electrons. The van der Waals surface area contributed by atoms with Gasteiger partial charge in [-0.15, -0.1) is 0 Å². The van der Waals surface area contributed by atoms with E-state index < -0.39 is 0 Å². The molecule has 7 heteroatoms. The summed E-state index contributed by atoms with van der Waals surface area (Å²) in [5, 5.41) is 10.9. The highest BCUT2D eigenvalue weighted by molar-refractivity contribution is 6.45. The van der Waals surface area contributed by atoms with E-state index in [4.69, 9.17) is 34.8 Å². The number of amides is 1. The smallest absolute Gasteiger partial charge is 0.255 e. The van der Waals surface area contributed by atoms with Crippen LogP contribution in [-0.4, -0.2) is 60.1 Å². The molecule has 0 unspecified atom stereocenters. The van der Waals surface area contributed by atoms with E-state index in [-0.39, 0.29) is 34.0 Å². The monoisotopic (exact) mass is 390 g/mol. The maximum atomic E-state index is 12.9. The molecule has 1 aromatic carbocycles. The average molecular weight is 392 g/mol. The van der Waals surface area contributed by atoms with E-state index in [0.29, 0.717) is 23.7 Å². The van der Waals surface area contributed by atoms with E-state index in [1.165, 1.54) is 6.07 Å². The lowest BCUT2D eigenvalue weighted by Gasteiger charge is -2.53. The zero-order valence-electron chi connectivity index (χ0n) is 13.6. The molecule has 132 valence electrons. The van der Waals surface area contributed by atoms with Gasteiger partial charge in [-0.3, -0.25) is 4.79 Å². The van der Waals surface area contributed by atoms with Crippen molar-refractivity contribution in [3.05, 3.63) is 32.8 Å². The van der Waals surface area contributed by atoms with Crippen molar-refractivity contribution in [1.82, 2.24) is 9.80 Å². The van der Waals surface area contributed by atoms with Gasteiger partial charge in [-0.2, -0.15) is 0 Å². The molecular weight excluding hydrogens is 371 g/mol. The number of likely N-dealkylation sites (N-methyl/N-ethyl adjacent to an activating group) is 1. The predicted molar refractivity (Wildman–Crippen MR) is 97.2 cm³/mol. The maximum Gasteiger partial charge on any atom is 0.255 e. The Labute approximate surface area is 157 Å². The SMILES string of the molecule is CN1CCC[C@]2(CO)CCN(C(=O)c3cc(Cl)cc(Cl)c3Cl)C[C@@H]12. The fourth-order valence-corrected chi connectivity index (χ4v) is 4.77. The summed E-state index contributed by atoms with van der Waals surface area (Å²) in [5.41, 5.74) is 0.226. The number of likely N-dealkylation sites (tertiary alicyclic amines) is 2. The fraction of sp³-hybridized carbons (Fsp3) is 0.588. The summed E-state index contributed by atoms with van der Waals surface area (Å²) < 4.78 is 0. The lowest BCUT2D eigenvalue weighted by atomic mass is 9.69. The highest BCUT2D eigenvalue weighted by atomic mass is 35.5. The first kappa shape index (κ1) is 18.3. The lowest BCUT2D eigenvalue weighted by molar-refractivity contribution is -0.0601. The first-order chi connectivity index (χ1) is 11.4. The molecule has 0 spiro atoms. The van der Waals surface area contributed by atoms with Crippen molar-refractivity contribution >= 4 is 40.7 Å². The third kappa shape index (κ3) is 3.15. The molecule has 4 nitrogen and oxygen atoms in total. The first-order valence-corrected chi connectivity index (χ1v) is 9.26. The number of aliphatic hydroxyl groups excluding tert-OH is 1. The van der Waals surface area contributed by atoms with Crippen LogP contribution in [-0.2, 0) is 0 Å². The number of fused-ring (bicyclic) bond motifs is 1. The van der Waals surface area contributed by atoms with Gasteiger partial charge < -0.3 is 14.9 Å². The molecule has 2 atom stereocenters. The van der Waals surface area contributed by atoms with Crippen LogP contribution < -0.4 is 0 Å². The summed E-state index contributed by atoms with van der Waals surface area (Å²) in [6, 6.07) is 3.25. The lowest BCUT2D eigenvalue weighted by Crippen LogP contribution is -2.62. The van der Waals surface area contributed by atoms with E-state index in [9.17, 15) is 9.90 Å². The number of nitrogens with zero attached hydrogens (tertiary/aromatic N) is 2. The molecule has 0 bridgehead atoms. The van der Waals surface area contributed by atoms with Crippen molar-refractivity contribution in [3.63, 3.8) is 0 Å². The predicted octanol–water partition coefficient (Wildman–Crippen LogP) is 3.57. The molecule has 0 saturated carbocycles. The van der Waals surface area contributed by atoms with Gasteiger partial charge in [-0.25, -0.2) is 0 Å². The molecule has 0 aliphatic carbocycles. The molecule has 2 fully saturated rings. The molecule has 1 N–H and O–H groups in total. The topological polar surface area (TPSA) is 43.8 Å². The summed E-state index contributed by atoms with van der Waals surface area (Å²) >= 11 is 18.3. The van der Waals surface area contributed by atoms with Gasteiger partial charge in [0, 0.05) is 29.6 Å². The van der Waals surface area contributed by atoms with Crippen LogP contribution in [0.2, 0.25) is 15.1 Å². The third-order valence-electron chi connectivity index (χ3n) is 5.52. The number of hydrogen-bond acceptors (Lipinski definition) is 3. The van der Waals surface area contributed by atoms with Gasteiger partial charge in [-0.1, -0.05) is 34.8 Å². The summed E-state index contributed by atoms with van der Waals surface area (Å²) in [6.45, 7) is 2.33. The van der Waals surface area contributed by atoms with Crippen molar-refractivity contribution in [1.29, 1.82) is 0 Å². The minimum absolute atomic E-state index is 0.112. The molecule has 2 aliphatic rings. The Morgan fingerprint density at radius 2 is 2.04 bits per heavy atom. The second-order valence-corrected chi connectivity index (χ2v) is 8.09. The molecule has 24 heavy (non-hydrogen) atoms. The van der Waals surface area contributed by atoms with E-state index in [2.05, 4.69) is 11.9 Å². The normalized spacial score (nSPS) is 27.9. The Morgan fingerprint density at radius 1 is 1.29 bits per heavy atom. The summed E-state index contributed by atoms with van der Waals surface area (Å²) in [5.74, 6) is -0.157. The van der Waals surface area contributed by atoms with Crippen LogP contribution in [0.25, 0.3) is 0 Å². The number of hydrogen-bond donors (Lipinski definition) is 1. The fourth-order valence-electron chi connectivity index (χ4n) is 4.08. The Kier molecular flexibility index (Phi) is 5.33. The Morgan fingerprint density at radius 3 is 2.75 bits per heavy atom. The molecule has 2 saturated heterocycles. The highest BCUT2D eigenvalue weighted by Crippen LogP contribution is 2.42. The molecule has 1 amide bonds. The van der Waals surface area contributed by atoms with Gasteiger partial charge in [0.2, 0.25) is 0 Å². The van der Waals surface area contributed by atoms with Crippen molar-refractivity contribution in [2.45, 2.75) is 25.3 Å². The quantitative estimate of drug-likeness (QED) is 0.784. The summed E-state index contributed by atoms with van der Waals surface area (Å²) in [7, 11) is 2.06. The number of piperidine rings is 2. The van der Waals surface area contributed by atoms with Crippen LogP contribution in [0.5, 0.6) is 0 Å². The molecular formula is C17H21Cl3N2O2. The standard InChI is InChI=1S/C17H21Cl3N2O2/c1-21-5-2-3-17(10-23)4-6-22(9-14(17)21)16(24)12-7-11(18)8-13(19)15(12)20/h7-8,14,23H,2-6,9-10H2,1H3/t14-,17-/m1/s1. The molecule has 3 rings (SSSR count). The minimum Gasteiger partial charge on any atom is -0.396 e. The van der Waals surface area contributed by atoms with Gasteiger partial charge in [0.25, 0.3) is 5.91 Å². The molecule has 0 aromatic heterocycles. The van der Waals surface area contributed by atoms with Gasteiger partial charge in [0.1, 0.15) is 0 Å². The summed E-state index contributed by atoms with van der Waals surface area (Å²) in [4.78, 5) is 17.0. The Hall–Kier alpha value is -0.520. The van der Waals surface area contributed by atoms with Crippen molar-refractivity contribution in [2.24, 2.45) is 5.41 Å². The molecule has 1 aromatic rings. The number of carbonyl (C=O) groups excluding carboxylic acids is 1. The van der Waals surface area contributed by atoms with E-state index in [1.54, 1.807) is 11.0 Å². The van der Waals surface area contributed by atoms with Gasteiger partial charge in [0.15, 0.2) is 0 Å². The second kappa shape index (κ2) is 7.00. The van der Waals surface area contributed by atoms with Crippen LogP contribution in [0.4, 0.5) is 0 Å². The highest BCUT2D eigenvalue weighted by Gasteiger charge is 2.47. The number of aliphatic hydroxyl groups is 1. The van der Waals surface area contributed by atoms with Crippen LogP contribution in [0.1, 0.15) is 29.6 Å². The number of halogens is 3. The van der Waals surface area contributed by atoms with Crippen molar-refractivity contribution < 1.29 is 9.90 Å². The Balaban J connectivity index is 1.86. The zero-order valence-corrected chi connectivity index (χ0v) is 15.8. The zero-order chi connectivity index (χ0) is 17.5. The van der Waals surface area contributed by atoms with Crippen LogP contribution in [0.3, 0.4) is 0 Å². The maximum absolute atomic E-state index is 12.9. The van der Waals surface area contributed by atoms with E-state index in [0.717, 1.165) is 25.8 Å². The van der Waals surface area contributed by atoms with Crippen LogP contribution >= 0.6 is 34.8 Å². The van der Waals surface area contributed by atoms with Gasteiger partial charge >= 0.3 is 0 Å². The minimum atomic E-state index is -0.157. The number of rotatable bonds is 2. The number of benzene rings is 1. The first-order valence-electron chi connectivity index (χ1n) is 8.13. The van der Waals surface area contributed by atoms with Crippen LogP contribution in [0, 0.1) is 5.41 Å². The van der Waals surface area contributed by atoms with Gasteiger partial charge in [0.05, 0.1) is 22.2 Å². The number of carbonyl (C=O) groups is 1. The van der Waals surface area contributed by atoms with E-state index >= 15 is 0 Å². The van der Waals surface area contributed by atoms with E-state index in [1.807, 2.05) is 0 Å². The molecule has 2 heterocycles. The largest absolute Gasteiger partial charge is 0.396 e. The van der Waals surface area contributed by atoms with Crippen LogP contribution in [0.15, 0.2) is 12.1 Å². The van der Waals surface area contributed by atoms with Gasteiger partial charge in [-0.05, 0) is 45.0 Å². The van der Waals surface area contributed by atoms with Crippen molar-refractivity contribution in [2.75, 3.05) is 33.3 Å². The Bertz CT molecular complexity index is 655.